The fourth-order valence-electron chi connectivity index (χ4n) is 7.98. The largest absolute Gasteiger partial charge is 0.315 e. The summed E-state index contributed by atoms with van der Waals surface area (Å²) in [6.07, 6.45) is 2.21. The van der Waals surface area contributed by atoms with Gasteiger partial charge in [-0.25, -0.2) is 0 Å². The van der Waals surface area contributed by atoms with E-state index in [1.807, 2.05) is 0 Å². The molecule has 0 aliphatic heterocycles. The molecule has 8 aromatic carbocycles. The first-order chi connectivity index (χ1) is 25.8. The third-order valence-electron chi connectivity index (χ3n) is 10.4. The number of benzene rings is 8. The van der Waals surface area contributed by atoms with E-state index in [1.54, 1.807) is 0 Å². The van der Waals surface area contributed by atoms with Gasteiger partial charge in [0.2, 0.25) is 0 Å². The van der Waals surface area contributed by atoms with Crippen molar-refractivity contribution in [3.05, 3.63) is 206 Å². The van der Waals surface area contributed by atoms with Crippen LogP contribution in [0.1, 0.15) is 0 Å². The molecule has 10 rings (SSSR count). The number of hydrogen-bond donors (Lipinski definition) is 0. The van der Waals surface area contributed by atoms with Gasteiger partial charge in [0.05, 0.1) is 11.0 Å². The standard InChI is InChI=1S/C50H34N2/c1-4-14-35(15-5-1)37-23-27-40(28-24-37)52(41-29-25-38(26-30-41)36-16-6-2-7-17-36)42-31-32-44-43-20-10-11-21-45(43)50-49(46(44)34-42)48(39-18-8-3-9-19-39)47-22-12-13-33-51(47)50/h1-34H. The Balaban J connectivity index is 1.24. The molecule has 52 heavy (non-hydrogen) atoms. The molecule has 0 radical (unpaired) electrons. The summed E-state index contributed by atoms with van der Waals surface area (Å²) in [4.78, 5) is 2.39. The molecule has 0 atom stereocenters. The van der Waals surface area contributed by atoms with Crippen molar-refractivity contribution in [2.75, 3.05) is 4.90 Å². The quantitative estimate of drug-likeness (QED) is 0.161. The molecule has 2 heterocycles. The van der Waals surface area contributed by atoms with Crippen molar-refractivity contribution >= 4 is 55.0 Å². The van der Waals surface area contributed by atoms with Crippen molar-refractivity contribution in [3.8, 4) is 33.4 Å². The summed E-state index contributed by atoms with van der Waals surface area (Å²) >= 11 is 0. The maximum absolute atomic E-state index is 2.41. The minimum Gasteiger partial charge on any atom is -0.315 e. The Morgan fingerprint density at radius 2 is 0.788 bits per heavy atom. The van der Waals surface area contributed by atoms with Crippen molar-refractivity contribution in [2.24, 2.45) is 0 Å². The lowest BCUT2D eigenvalue weighted by atomic mass is 9.93. The molecule has 2 heteroatoms. The van der Waals surface area contributed by atoms with Crippen LogP contribution in [0.25, 0.3) is 71.3 Å². The second-order valence-corrected chi connectivity index (χ2v) is 13.4. The van der Waals surface area contributed by atoms with E-state index >= 15 is 0 Å². The van der Waals surface area contributed by atoms with Gasteiger partial charge in [0.25, 0.3) is 0 Å². The highest BCUT2D eigenvalue weighted by molar-refractivity contribution is 6.30. The minimum atomic E-state index is 1.11. The van der Waals surface area contributed by atoms with Crippen molar-refractivity contribution in [2.45, 2.75) is 0 Å². The van der Waals surface area contributed by atoms with Crippen molar-refractivity contribution < 1.29 is 0 Å². The van der Waals surface area contributed by atoms with E-state index in [1.165, 1.54) is 71.3 Å². The molecule has 0 N–H and O–H groups in total. The van der Waals surface area contributed by atoms with Gasteiger partial charge in [-0.05, 0) is 92.5 Å². The monoisotopic (exact) mass is 662 g/mol. The van der Waals surface area contributed by atoms with E-state index in [0.29, 0.717) is 0 Å². The topological polar surface area (TPSA) is 7.65 Å². The molecule has 0 aliphatic carbocycles. The Morgan fingerprint density at radius 3 is 1.38 bits per heavy atom. The van der Waals surface area contributed by atoms with Gasteiger partial charge in [-0.3, -0.25) is 0 Å². The Bertz CT molecular complexity index is 2770. The summed E-state index contributed by atoms with van der Waals surface area (Å²) in [6, 6.07) is 72.4. The highest BCUT2D eigenvalue weighted by Crippen LogP contribution is 2.46. The zero-order valence-corrected chi connectivity index (χ0v) is 28.5. The van der Waals surface area contributed by atoms with Gasteiger partial charge in [-0.2, -0.15) is 0 Å². The third kappa shape index (κ3) is 4.96. The van der Waals surface area contributed by atoms with Gasteiger partial charge in [0, 0.05) is 39.6 Å². The van der Waals surface area contributed by atoms with Gasteiger partial charge in [0.15, 0.2) is 0 Å². The summed E-state index contributed by atoms with van der Waals surface area (Å²) in [5, 5.41) is 6.27. The lowest BCUT2D eigenvalue weighted by Crippen LogP contribution is -2.10. The number of anilines is 3. The summed E-state index contributed by atoms with van der Waals surface area (Å²) in [6.45, 7) is 0. The first-order valence-corrected chi connectivity index (χ1v) is 17.9. The normalized spacial score (nSPS) is 11.5. The number of rotatable bonds is 6. The highest BCUT2D eigenvalue weighted by atomic mass is 15.1. The van der Waals surface area contributed by atoms with Crippen LogP contribution in [-0.2, 0) is 0 Å². The summed E-state index contributed by atoms with van der Waals surface area (Å²) in [5.74, 6) is 0. The molecule has 0 amide bonds. The molecule has 0 saturated heterocycles. The van der Waals surface area contributed by atoms with Crippen LogP contribution in [0.15, 0.2) is 206 Å². The second kappa shape index (κ2) is 12.5. The molecule has 244 valence electrons. The Kier molecular flexibility index (Phi) is 7.18. The highest BCUT2D eigenvalue weighted by Gasteiger charge is 2.21. The lowest BCUT2D eigenvalue weighted by Gasteiger charge is -2.26. The molecule has 0 fully saturated rings. The van der Waals surface area contributed by atoms with E-state index in [4.69, 9.17) is 0 Å². The molecule has 0 spiro atoms. The Morgan fingerprint density at radius 1 is 0.327 bits per heavy atom. The van der Waals surface area contributed by atoms with E-state index in [2.05, 4.69) is 216 Å². The predicted octanol–water partition coefficient (Wildman–Crippen LogP) is 13.9. The second-order valence-electron chi connectivity index (χ2n) is 13.4. The zero-order chi connectivity index (χ0) is 34.4. The first-order valence-electron chi connectivity index (χ1n) is 17.9. The molecule has 0 bridgehead atoms. The van der Waals surface area contributed by atoms with Gasteiger partial charge in [-0.15, -0.1) is 0 Å². The van der Waals surface area contributed by atoms with Crippen LogP contribution in [0, 0.1) is 0 Å². The van der Waals surface area contributed by atoms with Crippen molar-refractivity contribution in [1.29, 1.82) is 0 Å². The Labute approximate surface area is 303 Å². The Hall–Kier alpha value is -6.90. The van der Waals surface area contributed by atoms with Crippen LogP contribution >= 0.6 is 0 Å². The maximum Gasteiger partial charge on any atom is 0.0620 e. The van der Waals surface area contributed by atoms with Crippen LogP contribution in [0.5, 0.6) is 0 Å². The molecule has 2 aromatic heterocycles. The third-order valence-corrected chi connectivity index (χ3v) is 10.4. The van der Waals surface area contributed by atoms with Crippen molar-refractivity contribution in [3.63, 3.8) is 0 Å². The van der Waals surface area contributed by atoms with Gasteiger partial charge in [0.1, 0.15) is 0 Å². The number of fused-ring (bicyclic) bond motifs is 8. The average molecular weight is 663 g/mol. The average Bonchev–Trinajstić information content (AvgIpc) is 3.58. The van der Waals surface area contributed by atoms with Gasteiger partial charge in [-0.1, -0.05) is 152 Å². The fraction of sp³-hybridized carbons (Fsp3) is 0. The smallest absolute Gasteiger partial charge is 0.0620 e. The predicted molar refractivity (Wildman–Crippen MR) is 221 cm³/mol. The van der Waals surface area contributed by atoms with E-state index < -0.39 is 0 Å². The van der Waals surface area contributed by atoms with Crippen LogP contribution < -0.4 is 4.90 Å². The molecule has 0 saturated carbocycles. The molecular weight excluding hydrogens is 629 g/mol. The van der Waals surface area contributed by atoms with E-state index in [9.17, 15) is 0 Å². The van der Waals surface area contributed by atoms with Gasteiger partial charge < -0.3 is 9.30 Å². The summed E-state index contributed by atoms with van der Waals surface area (Å²) in [7, 11) is 0. The minimum absolute atomic E-state index is 1.11. The van der Waals surface area contributed by atoms with E-state index in [0.717, 1.165) is 17.1 Å². The van der Waals surface area contributed by atoms with Crippen LogP contribution in [-0.4, -0.2) is 4.40 Å². The van der Waals surface area contributed by atoms with E-state index in [-0.39, 0.29) is 0 Å². The summed E-state index contributed by atoms with van der Waals surface area (Å²) < 4.78 is 2.38. The van der Waals surface area contributed by atoms with Crippen LogP contribution in [0.2, 0.25) is 0 Å². The van der Waals surface area contributed by atoms with Gasteiger partial charge >= 0.3 is 0 Å². The molecule has 2 nitrogen and oxygen atoms in total. The summed E-state index contributed by atoms with van der Waals surface area (Å²) in [5.41, 5.74) is 13.1. The SMILES string of the molecule is c1ccc(-c2ccc(N(c3ccc(-c4ccccc4)cc3)c3ccc4c5ccccc5c5c(c(-c6ccccc6)c6ccccn65)c4c3)cc2)cc1. The number of nitrogens with zero attached hydrogens (tertiary/aromatic N) is 2. The fourth-order valence-corrected chi connectivity index (χ4v) is 7.98. The molecule has 0 aliphatic rings. The molecular formula is C50H34N2. The van der Waals surface area contributed by atoms with Crippen LogP contribution in [0.3, 0.4) is 0 Å². The molecule has 10 aromatic rings. The van der Waals surface area contributed by atoms with Crippen molar-refractivity contribution in [1.82, 2.24) is 4.40 Å². The number of aromatic nitrogens is 1. The first kappa shape index (κ1) is 30.0. The lowest BCUT2D eigenvalue weighted by molar-refractivity contribution is 1.26. The maximum atomic E-state index is 2.41. The zero-order valence-electron chi connectivity index (χ0n) is 28.5. The number of hydrogen-bond acceptors (Lipinski definition) is 1. The number of pyridine rings is 1. The van der Waals surface area contributed by atoms with Crippen LogP contribution in [0.4, 0.5) is 17.1 Å². The molecule has 0 unspecified atom stereocenters.